The van der Waals surface area contributed by atoms with Gasteiger partial charge >= 0.3 is 0 Å². The van der Waals surface area contributed by atoms with Crippen LogP contribution in [-0.4, -0.2) is 32.5 Å². The molecular weight excluding hydrogens is 418 g/mol. The van der Waals surface area contributed by atoms with Crippen LogP contribution in [-0.2, 0) is 0 Å². The third kappa shape index (κ3) is 3.81. The fraction of sp³-hybridized carbons (Fsp3) is 0.222. The van der Waals surface area contributed by atoms with Gasteiger partial charge in [0.05, 0.1) is 11.4 Å². The largest absolute Gasteiger partial charge is 0.411 e. The molecule has 2 heterocycles. The van der Waals surface area contributed by atoms with Gasteiger partial charge < -0.3 is 9.40 Å². The number of nitrogens with zero attached hydrogens (tertiary/aromatic N) is 2. The maximum atomic E-state index is 12.5. The molecule has 134 valence electrons. The van der Waals surface area contributed by atoms with Gasteiger partial charge in [0.2, 0.25) is 5.89 Å². The third-order valence-electron chi connectivity index (χ3n) is 3.89. The molecular formula is C18H16BrN3O3S. The molecule has 0 aliphatic carbocycles. The van der Waals surface area contributed by atoms with Crippen molar-refractivity contribution in [3.8, 4) is 11.5 Å². The molecule has 3 aromatic rings. The van der Waals surface area contributed by atoms with Crippen LogP contribution in [0.4, 0.5) is 0 Å². The van der Waals surface area contributed by atoms with Crippen molar-refractivity contribution in [1.82, 2.24) is 15.2 Å². The minimum atomic E-state index is -0.119. The molecule has 0 radical (unpaired) electrons. The highest BCUT2D eigenvalue weighted by molar-refractivity contribution is 9.10. The topological polar surface area (TPSA) is 88.9 Å². The number of rotatable bonds is 6. The Bertz CT molecular complexity index is 976. The van der Waals surface area contributed by atoms with Crippen LogP contribution in [0.1, 0.15) is 39.0 Å². The summed E-state index contributed by atoms with van der Waals surface area (Å²) in [6.45, 7) is 5.06. The van der Waals surface area contributed by atoms with E-state index in [9.17, 15) is 9.59 Å². The molecule has 0 amide bonds. The lowest BCUT2D eigenvalue weighted by atomic mass is 10.1. The summed E-state index contributed by atoms with van der Waals surface area (Å²) < 4.78 is 6.56. The van der Waals surface area contributed by atoms with Gasteiger partial charge in [-0.15, -0.1) is 10.2 Å². The van der Waals surface area contributed by atoms with E-state index in [2.05, 4.69) is 31.1 Å². The molecule has 0 saturated carbocycles. The van der Waals surface area contributed by atoms with Gasteiger partial charge in [-0.25, -0.2) is 0 Å². The van der Waals surface area contributed by atoms with Crippen molar-refractivity contribution >= 4 is 39.3 Å². The molecule has 1 N–H and O–H groups in total. The van der Waals surface area contributed by atoms with E-state index >= 15 is 0 Å². The monoisotopic (exact) mass is 433 g/mol. The Hall–Kier alpha value is -2.19. The highest BCUT2D eigenvalue weighted by Crippen LogP contribution is 2.26. The van der Waals surface area contributed by atoms with Crippen LogP contribution >= 0.6 is 27.7 Å². The van der Waals surface area contributed by atoms with Crippen molar-refractivity contribution < 1.29 is 14.0 Å². The summed E-state index contributed by atoms with van der Waals surface area (Å²) in [6.07, 6.45) is 0. The summed E-state index contributed by atoms with van der Waals surface area (Å²) in [7, 11) is 0. The van der Waals surface area contributed by atoms with Crippen molar-refractivity contribution in [1.29, 1.82) is 0 Å². The van der Waals surface area contributed by atoms with E-state index in [1.165, 1.54) is 18.7 Å². The number of carbonyl (C=O) groups excluding carboxylic acids is 2. The normalized spacial score (nSPS) is 10.9. The number of hydrogen-bond donors (Lipinski definition) is 1. The molecule has 0 unspecified atom stereocenters. The highest BCUT2D eigenvalue weighted by atomic mass is 79.9. The van der Waals surface area contributed by atoms with Crippen molar-refractivity contribution in [2.75, 3.05) is 5.75 Å². The Labute approximate surface area is 162 Å². The molecule has 0 spiro atoms. The predicted octanol–water partition coefficient (Wildman–Crippen LogP) is 4.62. The van der Waals surface area contributed by atoms with Crippen LogP contribution in [0.2, 0.25) is 0 Å². The van der Waals surface area contributed by atoms with Gasteiger partial charge in [-0.3, -0.25) is 9.59 Å². The lowest BCUT2D eigenvalue weighted by Crippen LogP contribution is -2.05. The highest BCUT2D eigenvalue weighted by Gasteiger charge is 2.20. The fourth-order valence-electron chi connectivity index (χ4n) is 2.73. The summed E-state index contributed by atoms with van der Waals surface area (Å²) in [6, 6.07) is 7.51. The number of halogens is 1. The fourth-order valence-corrected chi connectivity index (χ4v) is 3.63. The average molecular weight is 434 g/mol. The van der Waals surface area contributed by atoms with Gasteiger partial charge in [-0.05, 0) is 50.6 Å². The van der Waals surface area contributed by atoms with Crippen molar-refractivity contribution in [2.24, 2.45) is 0 Å². The van der Waals surface area contributed by atoms with Crippen LogP contribution in [0.5, 0.6) is 0 Å². The molecule has 0 aliphatic rings. The van der Waals surface area contributed by atoms with Crippen molar-refractivity contribution in [3.63, 3.8) is 0 Å². The molecule has 8 heteroatoms. The molecule has 1 aromatic carbocycles. The van der Waals surface area contributed by atoms with Crippen LogP contribution < -0.4 is 0 Å². The third-order valence-corrected chi connectivity index (χ3v) is 5.24. The second-order valence-electron chi connectivity index (χ2n) is 5.77. The summed E-state index contributed by atoms with van der Waals surface area (Å²) in [4.78, 5) is 27.2. The smallest absolute Gasteiger partial charge is 0.277 e. The zero-order chi connectivity index (χ0) is 18.8. The number of benzene rings is 1. The van der Waals surface area contributed by atoms with Crippen molar-refractivity contribution in [3.05, 3.63) is 51.3 Å². The van der Waals surface area contributed by atoms with Crippen LogP contribution in [0.25, 0.3) is 11.5 Å². The maximum Gasteiger partial charge on any atom is 0.277 e. The Kier molecular flexibility index (Phi) is 5.43. The Balaban J connectivity index is 1.70. The van der Waals surface area contributed by atoms with Gasteiger partial charge in [0, 0.05) is 21.3 Å². The predicted molar refractivity (Wildman–Crippen MR) is 103 cm³/mol. The SMILES string of the molecule is CC(=O)c1c(C)[nH]c(C(=O)CSc2nnc(-c3ccc(Br)cc3)o2)c1C. The van der Waals surface area contributed by atoms with E-state index in [0.29, 0.717) is 33.6 Å². The molecule has 0 aliphatic heterocycles. The standard InChI is InChI=1S/C18H16BrN3O3S/c1-9-15(11(3)23)10(2)20-16(9)14(24)8-26-18-22-21-17(25-18)12-4-6-13(19)7-5-12/h4-7,20H,8H2,1-3H3. The number of hydrogen-bond acceptors (Lipinski definition) is 6. The zero-order valence-electron chi connectivity index (χ0n) is 14.4. The van der Waals surface area contributed by atoms with E-state index in [1.807, 2.05) is 24.3 Å². The molecule has 2 aromatic heterocycles. The zero-order valence-corrected chi connectivity index (χ0v) is 16.8. The summed E-state index contributed by atoms with van der Waals surface area (Å²) in [5.41, 5.74) is 3.22. The minimum absolute atomic E-state index is 0.0565. The molecule has 26 heavy (non-hydrogen) atoms. The van der Waals surface area contributed by atoms with Gasteiger partial charge in [0.25, 0.3) is 5.22 Å². The van der Waals surface area contributed by atoms with E-state index < -0.39 is 0 Å². The number of H-pyrrole nitrogens is 1. The molecule has 0 fully saturated rings. The quantitative estimate of drug-likeness (QED) is 0.450. The molecule has 3 rings (SSSR count). The van der Waals surface area contributed by atoms with E-state index in [-0.39, 0.29) is 17.3 Å². The number of Topliss-reactive ketones (excluding diaryl/α,β-unsaturated/α-hetero) is 2. The Morgan fingerprint density at radius 1 is 1.19 bits per heavy atom. The van der Waals surface area contributed by atoms with E-state index in [4.69, 9.17) is 4.42 Å². The van der Waals surface area contributed by atoms with Gasteiger partial charge in [0.1, 0.15) is 0 Å². The number of ketones is 2. The number of aryl methyl sites for hydroxylation is 1. The number of aromatic nitrogens is 3. The number of carbonyl (C=O) groups is 2. The van der Waals surface area contributed by atoms with Gasteiger partial charge in [-0.2, -0.15) is 0 Å². The molecule has 6 nitrogen and oxygen atoms in total. The Morgan fingerprint density at radius 3 is 2.50 bits per heavy atom. The molecule has 0 atom stereocenters. The van der Waals surface area contributed by atoms with Crippen LogP contribution in [0.15, 0.2) is 38.4 Å². The second-order valence-corrected chi connectivity index (χ2v) is 7.62. The van der Waals surface area contributed by atoms with Crippen molar-refractivity contribution in [2.45, 2.75) is 26.0 Å². The summed E-state index contributed by atoms with van der Waals surface area (Å²) in [5, 5.41) is 8.30. The first-order chi connectivity index (χ1) is 12.4. The average Bonchev–Trinajstić information content (AvgIpc) is 3.18. The number of nitrogens with one attached hydrogen (secondary N) is 1. The van der Waals surface area contributed by atoms with Gasteiger partial charge in [-0.1, -0.05) is 27.7 Å². The van der Waals surface area contributed by atoms with Crippen LogP contribution in [0, 0.1) is 13.8 Å². The first-order valence-electron chi connectivity index (χ1n) is 7.82. The summed E-state index contributed by atoms with van der Waals surface area (Å²) in [5.74, 6) is 0.365. The molecule has 0 saturated heterocycles. The van der Waals surface area contributed by atoms with Gasteiger partial charge in [0.15, 0.2) is 11.6 Å². The first-order valence-corrected chi connectivity index (χ1v) is 9.60. The number of thioether (sulfide) groups is 1. The summed E-state index contributed by atoms with van der Waals surface area (Å²) >= 11 is 4.55. The molecule has 0 bridgehead atoms. The minimum Gasteiger partial charge on any atom is -0.411 e. The van der Waals surface area contributed by atoms with E-state index in [1.54, 1.807) is 13.8 Å². The van der Waals surface area contributed by atoms with E-state index in [0.717, 1.165) is 10.0 Å². The number of aromatic amines is 1. The lowest BCUT2D eigenvalue weighted by Gasteiger charge is -1.99. The lowest BCUT2D eigenvalue weighted by molar-refractivity contribution is 0.101. The second kappa shape index (κ2) is 7.59. The Morgan fingerprint density at radius 2 is 1.88 bits per heavy atom. The maximum absolute atomic E-state index is 12.5. The first kappa shape index (κ1) is 18.6. The van der Waals surface area contributed by atoms with Crippen LogP contribution in [0.3, 0.4) is 0 Å².